The number of halogens is 2. The number of nitrogens with zero attached hydrogens (tertiary/aromatic N) is 3. The molecule has 0 atom stereocenters. The lowest BCUT2D eigenvalue weighted by Gasteiger charge is -2.10. The number of carbonyl (C=O) groups excluding carboxylic acids is 1. The molecule has 5 nitrogen and oxygen atoms in total. The Kier molecular flexibility index (Phi) is 7.40. The minimum Gasteiger partial charge on any atom is -0.323 e. The summed E-state index contributed by atoms with van der Waals surface area (Å²) in [4.78, 5) is 13.7. The number of aryl methyl sites for hydroxylation is 1. The van der Waals surface area contributed by atoms with Gasteiger partial charge in [0.1, 0.15) is 0 Å². The summed E-state index contributed by atoms with van der Waals surface area (Å²) in [6.45, 7) is 5.03. The molecule has 3 rings (SSSR count). The molecule has 0 saturated heterocycles. The minimum absolute atomic E-state index is 0.188. The number of thioether (sulfide) groups is 1. The maximum atomic E-state index is 12.4. The van der Waals surface area contributed by atoms with Crippen LogP contribution in [0, 0.1) is 0 Å². The second-order valence-corrected chi connectivity index (χ2v) is 8.80. The normalized spacial score (nSPS) is 11.0. The van der Waals surface area contributed by atoms with Crippen molar-refractivity contribution in [2.45, 2.75) is 38.4 Å². The van der Waals surface area contributed by atoms with Crippen molar-refractivity contribution in [2.75, 3.05) is 11.1 Å². The van der Waals surface area contributed by atoms with Gasteiger partial charge < -0.3 is 9.88 Å². The maximum absolute atomic E-state index is 12.4. The number of hydrogen-bond acceptors (Lipinski definition) is 5. The second kappa shape index (κ2) is 9.78. The third kappa shape index (κ3) is 4.89. The van der Waals surface area contributed by atoms with Crippen LogP contribution in [-0.4, -0.2) is 26.4 Å². The summed E-state index contributed by atoms with van der Waals surface area (Å²) in [6.07, 6.45) is 1.95. The van der Waals surface area contributed by atoms with E-state index in [-0.39, 0.29) is 11.7 Å². The van der Waals surface area contributed by atoms with Crippen molar-refractivity contribution in [2.24, 2.45) is 0 Å². The highest BCUT2D eigenvalue weighted by atomic mass is 35.5. The largest absolute Gasteiger partial charge is 0.323 e. The monoisotopic (exact) mass is 454 g/mol. The summed E-state index contributed by atoms with van der Waals surface area (Å²) in [5.41, 5.74) is 1.50. The number of nitrogens with one attached hydrogen (secondary N) is 1. The van der Waals surface area contributed by atoms with Gasteiger partial charge in [0.05, 0.1) is 21.5 Å². The van der Waals surface area contributed by atoms with Gasteiger partial charge in [-0.15, -0.1) is 21.5 Å². The van der Waals surface area contributed by atoms with Gasteiger partial charge in [0.15, 0.2) is 11.0 Å². The third-order valence-electron chi connectivity index (χ3n) is 3.98. The van der Waals surface area contributed by atoms with Gasteiger partial charge in [0.25, 0.3) is 0 Å². The van der Waals surface area contributed by atoms with Crippen molar-refractivity contribution < 1.29 is 4.79 Å². The molecule has 0 radical (unpaired) electrons. The van der Waals surface area contributed by atoms with Gasteiger partial charge >= 0.3 is 0 Å². The summed E-state index contributed by atoms with van der Waals surface area (Å²) in [5.74, 6) is 0.832. The van der Waals surface area contributed by atoms with Gasteiger partial charge in [0, 0.05) is 22.4 Å². The number of rotatable bonds is 8. The summed E-state index contributed by atoms with van der Waals surface area (Å²) in [7, 11) is 0. The predicted molar refractivity (Wildman–Crippen MR) is 119 cm³/mol. The molecule has 0 aliphatic heterocycles. The van der Waals surface area contributed by atoms with Crippen LogP contribution in [0.25, 0.3) is 11.4 Å². The SMILES string of the molecule is CCCn1c(SCC(=O)Nc2c(Cl)cccc2Cl)nnc1-c1csc(CC)c1. The average Bonchev–Trinajstić information content (AvgIpc) is 3.30. The Hall–Kier alpha value is -1.54. The molecule has 1 aromatic carbocycles. The quantitative estimate of drug-likeness (QED) is 0.422. The fourth-order valence-corrected chi connectivity index (χ4v) is 4.71. The highest BCUT2D eigenvalue weighted by Gasteiger charge is 2.17. The predicted octanol–water partition coefficient (Wildman–Crippen LogP) is 6.02. The summed E-state index contributed by atoms with van der Waals surface area (Å²) in [5, 5.41) is 15.1. The standard InChI is InChI=1S/C19H20Cl2N4OS2/c1-3-8-25-18(12-9-13(4-2)27-10-12)23-24-19(25)28-11-16(26)22-17-14(20)6-5-7-15(17)21/h5-7,9-10H,3-4,8,11H2,1-2H3,(H,22,26). The lowest BCUT2D eigenvalue weighted by Crippen LogP contribution is -2.15. The fourth-order valence-electron chi connectivity index (χ4n) is 2.64. The zero-order chi connectivity index (χ0) is 20.1. The molecule has 1 N–H and O–H groups in total. The van der Waals surface area contributed by atoms with Crippen LogP contribution < -0.4 is 5.32 Å². The Morgan fingerprint density at radius 2 is 2.00 bits per heavy atom. The van der Waals surface area contributed by atoms with E-state index in [9.17, 15) is 4.79 Å². The molecule has 28 heavy (non-hydrogen) atoms. The Morgan fingerprint density at radius 1 is 1.25 bits per heavy atom. The summed E-state index contributed by atoms with van der Waals surface area (Å²) < 4.78 is 2.07. The van der Waals surface area contributed by atoms with Crippen LogP contribution in [-0.2, 0) is 17.8 Å². The molecule has 2 aromatic heterocycles. The highest BCUT2D eigenvalue weighted by molar-refractivity contribution is 7.99. The van der Waals surface area contributed by atoms with Gasteiger partial charge in [-0.25, -0.2) is 0 Å². The number of anilines is 1. The Bertz CT molecular complexity index is 951. The van der Waals surface area contributed by atoms with Crippen LogP contribution >= 0.6 is 46.3 Å². The Morgan fingerprint density at radius 3 is 2.64 bits per heavy atom. The maximum Gasteiger partial charge on any atom is 0.234 e. The first-order valence-corrected chi connectivity index (χ1v) is 11.5. The zero-order valence-electron chi connectivity index (χ0n) is 15.5. The fraction of sp³-hybridized carbons (Fsp3) is 0.316. The summed E-state index contributed by atoms with van der Waals surface area (Å²) in [6, 6.07) is 7.26. The van der Waals surface area contributed by atoms with Crippen molar-refractivity contribution in [3.63, 3.8) is 0 Å². The molecule has 0 spiro atoms. The molecule has 0 aliphatic carbocycles. The first kappa shape index (κ1) is 21.2. The van der Waals surface area contributed by atoms with Crippen LogP contribution in [0.5, 0.6) is 0 Å². The van der Waals surface area contributed by atoms with Gasteiger partial charge in [-0.2, -0.15) is 0 Å². The molecule has 0 bridgehead atoms. The van der Waals surface area contributed by atoms with E-state index in [0.29, 0.717) is 15.7 Å². The zero-order valence-corrected chi connectivity index (χ0v) is 18.7. The first-order valence-electron chi connectivity index (χ1n) is 8.91. The number of carbonyl (C=O) groups is 1. The first-order chi connectivity index (χ1) is 13.5. The molecule has 9 heteroatoms. The summed E-state index contributed by atoms with van der Waals surface area (Å²) >= 11 is 15.3. The number of thiophene rings is 1. The lowest BCUT2D eigenvalue weighted by molar-refractivity contribution is -0.113. The molecule has 0 aliphatic rings. The van der Waals surface area contributed by atoms with Gasteiger partial charge in [-0.1, -0.05) is 54.9 Å². The molecule has 1 amide bonds. The van der Waals surface area contributed by atoms with E-state index in [2.05, 4.69) is 45.4 Å². The Labute approximate surface area is 182 Å². The van der Waals surface area contributed by atoms with Crippen molar-refractivity contribution in [1.29, 1.82) is 0 Å². The average molecular weight is 455 g/mol. The van der Waals surface area contributed by atoms with Gasteiger partial charge in [-0.3, -0.25) is 4.79 Å². The Balaban J connectivity index is 1.72. The number of benzene rings is 1. The minimum atomic E-state index is -0.198. The van der Waals surface area contributed by atoms with E-state index in [0.717, 1.165) is 35.9 Å². The van der Waals surface area contributed by atoms with E-state index in [1.807, 2.05) is 0 Å². The molecule has 0 unspecified atom stereocenters. The second-order valence-electron chi connectivity index (χ2n) is 6.05. The smallest absolute Gasteiger partial charge is 0.234 e. The van der Waals surface area contributed by atoms with Crippen molar-refractivity contribution in [3.8, 4) is 11.4 Å². The molecular formula is C19H20Cl2N4OS2. The van der Waals surface area contributed by atoms with E-state index < -0.39 is 0 Å². The third-order valence-corrected chi connectivity index (χ3v) is 6.66. The van der Waals surface area contributed by atoms with Crippen LogP contribution in [0.15, 0.2) is 34.8 Å². The van der Waals surface area contributed by atoms with Crippen LogP contribution in [0.2, 0.25) is 10.0 Å². The molecule has 2 heterocycles. The lowest BCUT2D eigenvalue weighted by atomic mass is 10.2. The molecule has 3 aromatic rings. The number of aromatic nitrogens is 3. The van der Waals surface area contributed by atoms with Crippen molar-refractivity contribution in [3.05, 3.63) is 44.6 Å². The van der Waals surface area contributed by atoms with Crippen LogP contribution in [0.3, 0.4) is 0 Å². The van der Waals surface area contributed by atoms with Gasteiger partial charge in [0.2, 0.25) is 5.91 Å². The highest BCUT2D eigenvalue weighted by Crippen LogP contribution is 2.31. The molecule has 0 saturated carbocycles. The van der Waals surface area contributed by atoms with Gasteiger partial charge in [-0.05, 0) is 31.0 Å². The molecular weight excluding hydrogens is 435 g/mol. The topological polar surface area (TPSA) is 59.8 Å². The molecule has 148 valence electrons. The van der Waals surface area contributed by atoms with E-state index >= 15 is 0 Å². The van der Waals surface area contributed by atoms with Crippen molar-refractivity contribution in [1.82, 2.24) is 14.8 Å². The number of para-hydroxylation sites is 1. The van der Waals surface area contributed by atoms with Crippen molar-refractivity contribution >= 4 is 57.9 Å². The number of amides is 1. The van der Waals surface area contributed by atoms with E-state index in [1.54, 1.807) is 29.5 Å². The van der Waals surface area contributed by atoms with E-state index in [1.165, 1.54) is 16.6 Å². The van der Waals surface area contributed by atoms with Crippen LogP contribution in [0.4, 0.5) is 5.69 Å². The van der Waals surface area contributed by atoms with Crippen LogP contribution in [0.1, 0.15) is 25.1 Å². The van der Waals surface area contributed by atoms with E-state index in [4.69, 9.17) is 23.2 Å². The molecule has 0 fully saturated rings. The number of hydrogen-bond donors (Lipinski definition) is 1.